The monoisotopic (exact) mass is 256 g/mol. The molecule has 1 amide bonds. The lowest BCUT2D eigenvalue weighted by molar-refractivity contribution is -0.146. The average molecular weight is 256 g/mol. The highest BCUT2D eigenvalue weighted by molar-refractivity contribution is 5.80. The molecule has 104 valence electrons. The highest BCUT2D eigenvalue weighted by Gasteiger charge is 2.31. The molecule has 0 aromatic carbocycles. The van der Waals surface area contributed by atoms with E-state index >= 15 is 0 Å². The van der Waals surface area contributed by atoms with Crippen LogP contribution in [0.4, 0.5) is 0 Å². The second-order valence-corrected chi connectivity index (χ2v) is 5.20. The molecule has 0 aromatic heterocycles. The van der Waals surface area contributed by atoms with E-state index in [9.17, 15) is 9.59 Å². The van der Waals surface area contributed by atoms with Crippen LogP contribution < -0.4 is 5.73 Å². The van der Waals surface area contributed by atoms with E-state index in [0.717, 1.165) is 25.7 Å². The lowest BCUT2D eigenvalue weighted by atomic mass is 9.84. The normalized spacial score (nSPS) is 25.3. The molecule has 0 spiro atoms. The second-order valence-electron chi connectivity index (χ2n) is 5.20. The van der Waals surface area contributed by atoms with Crippen LogP contribution in [0.5, 0.6) is 0 Å². The van der Waals surface area contributed by atoms with E-state index in [4.69, 9.17) is 5.73 Å². The summed E-state index contributed by atoms with van der Waals surface area (Å²) in [5, 5.41) is 0. The van der Waals surface area contributed by atoms with Gasteiger partial charge in [-0.3, -0.25) is 9.59 Å². The standard InChI is InChI=1S/C13H24N2O3/c1-9(13(17)18-3)8-15(2)12(16)10-6-4-5-7-11(10)14/h9-11H,4-8,14H2,1-3H3. The number of carbonyl (C=O) groups excluding carboxylic acids is 2. The van der Waals surface area contributed by atoms with Gasteiger partial charge in [0.2, 0.25) is 5.91 Å². The van der Waals surface area contributed by atoms with Gasteiger partial charge >= 0.3 is 5.97 Å². The first-order valence-electron chi connectivity index (χ1n) is 6.55. The molecule has 5 nitrogen and oxygen atoms in total. The smallest absolute Gasteiger partial charge is 0.310 e. The number of nitrogens with zero attached hydrogens (tertiary/aromatic N) is 1. The van der Waals surface area contributed by atoms with Gasteiger partial charge in [0, 0.05) is 19.6 Å². The molecule has 18 heavy (non-hydrogen) atoms. The van der Waals surface area contributed by atoms with Crippen LogP contribution in [0, 0.1) is 11.8 Å². The van der Waals surface area contributed by atoms with Crippen molar-refractivity contribution in [1.82, 2.24) is 4.90 Å². The minimum atomic E-state index is -0.302. The minimum absolute atomic E-state index is 0.0397. The predicted octanol–water partition coefficient (Wildman–Crippen LogP) is 0.771. The molecule has 0 heterocycles. The summed E-state index contributed by atoms with van der Waals surface area (Å²) < 4.78 is 4.66. The molecule has 0 aromatic rings. The maximum Gasteiger partial charge on any atom is 0.310 e. The Morgan fingerprint density at radius 2 is 2.00 bits per heavy atom. The van der Waals surface area contributed by atoms with Gasteiger partial charge in [0.15, 0.2) is 0 Å². The van der Waals surface area contributed by atoms with Crippen molar-refractivity contribution in [3.05, 3.63) is 0 Å². The Morgan fingerprint density at radius 1 is 1.39 bits per heavy atom. The molecule has 5 heteroatoms. The van der Waals surface area contributed by atoms with Crippen molar-refractivity contribution in [1.29, 1.82) is 0 Å². The van der Waals surface area contributed by atoms with Crippen LogP contribution in [0.25, 0.3) is 0 Å². The van der Waals surface area contributed by atoms with Crippen LogP contribution in [0.3, 0.4) is 0 Å². The molecule has 3 unspecified atom stereocenters. The summed E-state index contributed by atoms with van der Waals surface area (Å²) in [5.74, 6) is -0.627. The second kappa shape index (κ2) is 6.73. The number of carbonyl (C=O) groups is 2. The molecule has 1 fully saturated rings. The van der Waals surface area contributed by atoms with Gasteiger partial charge in [-0.15, -0.1) is 0 Å². The van der Waals surface area contributed by atoms with E-state index in [-0.39, 0.29) is 29.8 Å². The van der Waals surface area contributed by atoms with Gasteiger partial charge in [-0.25, -0.2) is 0 Å². The Kier molecular flexibility index (Phi) is 5.59. The van der Waals surface area contributed by atoms with Crippen molar-refractivity contribution >= 4 is 11.9 Å². The van der Waals surface area contributed by atoms with E-state index in [0.29, 0.717) is 6.54 Å². The quantitative estimate of drug-likeness (QED) is 0.754. The summed E-state index contributed by atoms with van der Waals surface area (Å²) in [6, 6.07) is -0.0397. The molecule has 1 rings (SSSR count). The molecule has 0 radical (unpaired) electrons. The summed E-state index contributed by atoms with van der Waals surface area (Å²) in [6.07, 6.45) is 3.94. The van der Waals surface area contributed by atoms with Crippen LogP contribution in [-0.4, -0.2) is 43.5 Å². The van der Waals surface area contributed by atoms with E-state index in [2.05, 4.69) is 4.74 Å². The fourth-order valence-electron chi connectivity index (χ4n) is 2.53. The maximum absolute atomic E-state index is 12.2. The third-order valence-corrected chi connectivity index (χ3v) is 3.66. The van der Waals surface area contributed by atoms with Crippen molar-refractivity contribution in [2.75, 3.05) is 20.7 Å². The number of nitrogens with two attached hydrogens (primary N) is 1. The topological polar surface area (TPSA) is 72.6 Å². The van der Waals surface area contributed by atoms with E-state index in [1.807, 2.05) is 0 Å². The molecular formula is C13H24N2O3. The fourth-order valence-corrected chi connectivity index (χ4v) is 2.53. The molecule has 2 N–H and O–H groups in total. The van der Waals surface area contributed by atoms with Crippen molar-refractivity contribution in [3.63, 3.8) is 0 Å². The average Bonchev–Trinajstić information content (AvgIpc) is 2.37. The van der Waals surface area contributed by atoms with Gasteiger partial charge < -0.3 is 15.4 Å². The number of hydrogen-bond acceptors (Lipinski definition) is 4. The van der Waals surface area contributed by atoms with Crippen molar-refractivity contribution in [2.45, 2.75) is 38.6 Å². The maximum atomic E-state index is 12.2. The zero-order chi connectivity index (χ0) is 13.7. The lowest BCUT2D eigenvalue weighted by Crippen LogP contribution is -2.46. The number of ether oxygens (including phenoxy) is 1. The molecule has 1 saturated carbocycles. The summed E-state index contributed by atoms with van der Waals surface area (Å²) in [7, 11) is 3.08. The van der Waals surface area contributed by atoms with Crippen LogP contribution in [0.2, 0.25) is 0 Å². The van der Waals surface area contributed by atoms with E-state index < -0.39 is 0 Å². The molecule has 0 bridgehead atoms. The minimum Gasteiger partial charge on any atom is -0.469 e. The molecule has 0 saturated heterocycles. The Hall–Kier alpha value is -1.10. The number of hydrogen-bond donors (Lipinski definition) is 1. The van der Waals surface area contributed by atoms with Gasteiger partial charge in [0.1, 0.15) is 0 Å². The first kappa shape index (κ1) is 15.0. The first-order chi connectivity index (χ1) is 8.47. The summed E-state index contributed by atoms with van der Waals surface area (Å²) >= 11 is 0. The number of methoxy groups -OCH3 is 1. The summed E-state index contributed by atoms with van der Waals surface area (Å²) in [5.41, 5.74) is 6.00. The summed E-state index contributed by atoms with van der Waals surface area (Å²) in [4.78, 5) is 25.2. The Bertz CT molecular complexity index is 307. The van der Waals surface area contributed by atoms with Crippen molar-refractivity contribution in [2.24, 2.45) is 17.6 Å². The fraction of sp³-hybridized carbons (Fsp3) is 0.846. The van der Waals surface area contributed by atoms with Crippen LogP contribution in [-0.2, 0) is 14.3 Å². The van der Waals surface area contributed by atoms with Gasteiger partial charge in [0.25, 0.3) is 0 Å². The van der Waals surface area contributed by atoms with Crippen LogP contribution in [0.15, 0.2) is 0 Å². The van der Waals surface area contributed by atoms with E-state index in [1.54, 1.807) is 18.9 Å². The number of esters is 1. The van der Waals surface area contributed by atoms with Gasteiger partial charge in [0.05, 0.1) is 18.9 Å². The largest absolute Gasteiger partial charge is 0.469 e. The first-order valence-corrected chi connectivity index (χ1v) is 6.55. The van der Waals surface area contributed by atoms with Gasteiger partial charge in [-0.1, -0.05) is 19.8 Å². The van der Waals surface area contributed by atoms with Gasteiger partial charge in [-0.2, -0.15) is 0 Å². The predicted molar refractivity (Wildman–Crippen MR) is 68.8 cm³/mol. The Labute approximate surface area is 109 Å². The molecule has 1 aliphatic rings. The Balaban J connectivity index is 2.52. The lowest BCUT2D eigenvalue weighted by Gasteiger charge is -2.31. The van der Waals surface area contributed by atoms with Crippen molar-refractivity contribution in [3.8, 4) is 0 Å². The third kappa shape index (κ3) is 3.70. The zero-order valence-corrected chi connectivity index (χ0v) is 11.5. The molecule has 1 aliphatic carbocycles. The van der Waals surface area contributed by atoms with E-state index in [1.165, 1.54) is 7.11 Å². The van der Waals surface area contributed by atoms with Crippen molar-refractivity contribution < 1.29 is 14.3 Å². The SMILES string of the molecule is COC(=O)C(C)CN(C)C(=O)C1CCCCC1N. The number of rotatable bonds is 4. The van der Waals surface area contributed by atoms with Crippen LogP contribution >= 0.6 is 0 Å². The zero-order valence-electron chi connectivity index (χ0n) is 11.5. The molecule has 3 atom stereocenters. The van der Waals surface area contributed by atoms with Crippen LogP contribution in [0.1, 0.15) is 32.6 Å². The third-order valence-electron chi connectivity index (χ3n) is 3.66. The molecular weight excluding hydrogens is 232 g/mol. The summed E-state index contributed by atoms with van der Waals surface area (Å²) in [6.45, 7) is 2.14. The van der Waals surface area contributed by atoms with Gasteiger partial charge in [-0.05, 0) is 12.8 Å². The Morgan fingerprint density at radius 3 is 2.56 bits per heavy atom. The molecule has 0 aliphatic heterocycles. The highest BCUT2D eigenvalue weighted by Crippen LogP contribution is 2.24. The highest BCUT2D eigenvalue weighted by atomic mass is 16.5. The number of amides is 1.